The van der Waals surface area contributed by atoms with Crippen LogP contribution >= 0.6 is 12.2 Å². The maximum Gasteiger partial charge on any atom is 0.254 e. The number of piperazine rings is 1. The van der Waals surface area contributed by atoms with Gasteiger partial charge in [-0.2, -0.15) is 0 Å². The Hall–Kier alpha value is -2.93. The van der Waals surface area contributed by atoms with Crippen LogP contribution < -0.4 is 15.5 Å². The Bertz CT molecular complexity index is 919. The molecule has 1 saturated heterocycles. The summed E-state index contributed by atoms with van der Waals surface area (Å²) >= 11 is 5.19. The Morgan fingerprint density at radius 3 is 2.20 bits per heavy atom. The van der Waals surface area contributed by atoms with Gasteiger partial charge in [-0.3, -0.25) is 9.59 Å². The molecular formula is C23H28N4O2S. The van der Waals surface area contributed by atoms with Gasteiger partial charge in [0.25, 0.3) is 5.91 Å². The molecule has 2 aromatic carbocycles. The number of anilines is 2. The number of nitrogens with one attached hydrogen (secondary N) is 2. The smallest absolute Gasteiger partial charge is 0.254 e. The second-order valence-electron chi connectivity index (χ2n) is 7.74. The lowest BCUT2D eigenvalue weighted by molar-refractivity contribution is -0.122. The van der Waals surface area contributed by atoms with E-state index in [1.807, 2.05) is 74.2 Å². The van der Waals surface area contributed by atoms with Crippen molar-refractivity contribution in [3.05, 3.63) is 59.7 Å². The largest absolute Gasteiger partial charge is 0.368 e. The van der Waals surface area contributed by atoms with Crippen molar-refractivity contribution in [3.8, 4) is 0 Å². The van der Waals surface area contributed by atoms with E-state index in [4.69, 9.17) is 12.2 Å². The normalized spacial score (nSPS) is 13.9. The van der Waals surface area contributed by atoms with Crippen LogP contribution in [0.1, 0.15) is 29.8 Å². The number of hydrogen-bond acceptors (Lipinski definition) is 4. The summed E-state index contributed by atoms with van der Waals surface area (Å²) in [5.41, 5.74) is 3.71. The van der Waals surface area contributed by atoms with Gasteiger partial charge >= 0.3 is 0 Å². The molecule has 2 N–H and O–H groups in total. The van der Waals surface area contributed by atoms with Crippen molar-refractivity contribution in [1.29, 1.82) is 0 Å². The molecule has 2 aromatic rings. The molecule has 1 aliphatic rings. The summed E-state index contributed by atoms with van der Waals surface area (Å²) in [6.07, 6.45) is 0. The molecule has 0 atom stereocenters. The number of amides is 2. The van der Waals surface area contributed by atoms with E-state index in [2.05, 4.69) is 15.5 Å². The van der Waals surface area contributed by atoms with E-state index < -0.39 is 0 Å². The first kappa shape index (κ1) is 21.8. The van der Waals surface area contributed by atoms with Crippen LogP contribution in [0.5, 0.6) is 0 Å². The van der Waals surface area contributed by atoms with Gasteiger partial charge in [0.05, 0.1) is 0 Å². The monoisotopic (exact) mass is 424 g/mol. The fraction of sp³-hybridized carbons (Fsp3) is 0.348. The lowest BCUT2D eigenvalue weighted by Crippen LogP contribution is -2.48. The lowest BCUT2D eigenvalue weighted by atomic mass is 10.1. The fourth-order valence-electron chi connectivity index (χ4n) is 3.33. The number of nitrogens with zero attached hydrogens (tertiary/aromatic N) is 2. The van der Waals surface area contributed by atoms with Crippen molar-refractivity contribution in [2.45, 2.75) is 20.8 Å². The Balaban J connectivity index is 1.53. The van der Waals surface area contributed by atoms with Gasteiger partial charge in [-0.15, -0.1) is 0 Å². The molecule has 0 aliphatic carbocycles. The van der Waals surface area contributed by atoms with Crippen molar-refractivity contribution >= 4 is 40.5 Å². The average molecular weight is 425 g/mol. The molecule has 1 fully saturated rings. The Kier molecular flexibility index (Phi) is 7.05. The predicted octanol–water partition coefficient (Wildman–Crippen LogP) is 3.43. The van der Waals surface area contributed by atoms with Crippen molar-refractivity contribution in [1.82, 2.24) is 10.2 Å². The molecule has 0 bridgehead atoms. The zero-order valence-electron chi connectivity index (χ0n) is 17.6. The predicted molar refractivity (Wildman–Crippen MR) is 125 cm³/mol. The van der Waals surface area contributed by atoms with E-state index in [-0.39, 0.29) is 17.7 Å². The van der Waals surface area contributed by atoms with Crippen LogP contribution in [0, 0.1) is 12.8 Å². The molecule has 6 nitrogen and oxygen atoms in total. The molecule has 7 heteroatoms. The van der Waals surface area contributed by atoms with Gasteiger partial charge in [-0.05, 0) is 55.0 Å². The van der Waals surface area contributed by atoms with Gasteiger partial charge in [-0.1, -0.05) is 32.0 Å². The first-order valence-corrected chi connectivity index (χ1v) is 10.6. The molecular weight excluding hydrogens is 396 g/mol. The minimum atomic E-state index is -0.122. The number of hydrogen-bond donors (Lipinski definition) is 2. The number of benzene rings is 2. The third kappa shape index (κ3) is 5.36. The maximum absolute atomic E-state index is 12.8. The van der Waals surface area contributed by atoms with Crippen LogP contribution in [0.15, 0.2) is 48.5 Å². The van der Waals surface area contributed by atoms with Crippen LogP contribution in [-0.4, -0.2) is 48.0 Å². The Morgan fingerprint density at radius 1 is 0.967 bits per heavy atom. The van der Waals surface area contributed by atoms with Crippen molar-refractivity contribution in [2.75, 3.05) is 36.4 Å². The van der Waals surface area contributed by atoms with E-state index in [1.165, 1.54) is 0 Å². The summed E-state index contributed by atoms with van der Waals surface area (Å²) in [6, 6.07) is 15.6. The van der Waals surface area contributed by atoms with Crippen molar-refractivity contribution in [2.24, 2.45) is 5.92 Å². The molecule has 158 valence electrons. The molecule has 0 saturated carbocycles. The van der Waals surface area contributed by atoms with E-state index in [1.54, 1.807) is 0 Å². The molecule has 0 aromatic heterocycles. The zero-order chi connectivity index (χ0) is 21.7. The molecule has 30 heavy (non-hydrogen) atoms. The minimum absolute atomic E-state index is 0.101. The number of rotatable bonds is 4. The summed E-state index contributed by atoms with van der Waals surface area (Å²) in [6.45, 7) is 8.57. The van der Waals surface area contributed by atoms with E-state index >= 15 is 0 Å². The highest BCUT2D eigenvalue weighted by molar-refractivity contribution is 7.80. The molecule has 2 amide bonds. The van der Waals surface area contributed by atoms with Gasteiger partial charge in [-0.25, -0.2) is 0 Å². The highest BCUT2D eigenvalue weighted by atomic mass is 32.1. The summed E-state index contributed by atoms with van der Waals surface area (Å²) in [4.78, 5) is 28.7. The second-order valence-corrected chi connectivity index (χ2v) is 8.15. The third-order valence-electron chi connectivity index (χ3n) is 5.19. The quantitative estimate of drug-likeness (QED) is 0.737. The molecule has 0 spiro atoms. The van der Waals surface area contributed by atoms with Crippen molar-refractivity contribution < 1.29 is 9.59 Å². The number of thiocarbonyl (C=S) groups is 1. The first-order chi connectivity index (χ1) is 14.3. The highest BCUT2D eigenvalue weighted by Gasteiger charge is 2.23. The average Bonchev–Trinajstić information content (AvgIpc) is 2.74. The maximum atomic E-state index is 12.8. The molecule has 0 unspecified atom stereocenters. The van der Waals surface area contributed by atoms with Gasteiger partial charge in [0.2, 0.25) is 5.91 Å². The SMILES string of the molecule is Cc1ccccc1C(=O)N1CCN(c2ccc(NC(=S)NC(=O)C(C)C)cc2)CC1. The standard InChI is InChI=1S/C23H28N4O2S/c1-16(2)21(28)25-23(30)24-18-8-10-19(11-9-18)26-12-14-27(15-13-26)22(29)20-7-5-4-6-17(20)3/h4-11,16H,12-15H2,1-3H3,(H2,24,25,28,30). The zero-order valence-corrected chi connectivity index (χ0v) is 18.5. The number of carbonyl (C=O) groups excluding carboxylic acids is 2. The molecule has 0 radical (unpaired) electrons. The fourth-order valence-corrected chi connectivity index (χ4v) is 3.54. The first-order valence-electron chi connectivity index (χ1n) is 10.2. The molecule has 1 aliphatic heterocycles. The lowest BCUT2D eigenvalue weighted by Gasteiger charge is -2.36. The van der Waals surface area contributed by atoms with E-state index in [0.29, 0.717) is 18.2 Å². The van der Waals surface area contributed by atoms with Gasteiger partial charge < -0.3 is 20.4 Å². The van der Waals surface area contributed by atoms with Gasteiger partial charge in [0, 0.05) is 49.0 Å². The van der Waals surface area contributed by atoms with Crippen LogP contribution in [0.2, 0.25) is 0 Å². The number of carbonyl (C=O) groups is 2. The van der Waals surface area contributed by atoms with Crippen LogP contribution in [0.3, 0.4) is 0 Å². The summed E-state index contributed by atoms with van der Waals surface area (Å²) in [7, 11) is 0. The highest BCUT2D eigenvalue weighted by Crippen LogP contribution is 2.21. The summed E-state index contributed by atoms with van der Waals surface area (Å²) in [5, 5.41) is 6.00. The Labute approximate surface area is 183 Å². The third-order valence-corrected chi connectivity index (χ3v) is 5.40. The molecule has 3 rings (SSSR count). The van der Waals surface area contributed by atoms with E-state index in [0.717, 1.165) is 35.6 Å². The van der Waals surface area contributed by atoms with Crippen LogP contribution in [-0.2, 0) is 4.79 Å². The summed E-state index contributed by atoms with van der Waals surface area (Å²) < 4.78 is 0. The van der Waals surface area contributed by atoms with Crippen LogP contribution in [0.25, 0.3) is 0 Å². The molecule has 1 heterocycles. The topological polar surface area (TPSA) is 64.7 Å². The summed E-state index contributed by atoms with van der Waals surface area (Å²) in [5.74, 6) is -0.130. The van der Waals surface area contributed by atoms with Crippen LogP contribution in [0.4, 0.5) is 11.4 Å². The van der Waals surface area contributed by atoms with Gasteiger partial charge in [0.15, 0.2) is 5.11 Å². The number of aryl methyl sites for hydroxylation is 1. The second kappa shape index (κ2) is 9.71. The Morgan fingerprint density at radius 2 is 1.60 bits per heavy atom. The van der Waals surface area contributed by atoms with Crippen molar-refractivity contribution in [3.63, 3.8) is 0 Å². The van der Waals surface area contributed by atoms with Gasteiger partial charge in [0.1, 0.15) is 0 Å². The van der Waals surface area contributed by atoms with E-state index in [9.17, 15) is 9.59 Å². The minimum Gasteiger partial charge on any atom is -0.368 e.